The highest BCUT2D eigenvalue weighted by atomic mass is 32.2. The van der Waals surface area contributed by atoms with E-state index in [4.69, 9.17) is 9.47 Å². The van der Waals surface area contributed by atoms with Gasteiger partial charge >= 0.3 is 5.97 Å². The number of likely N-dealkylation sites (tertiary alicyclic amines) is 1. The van der Waals surface area contributed by atoms with Crippen molar-refractivity contribution in [3.63, 3.8) is 0 Å². The molecule has 0 radical (unpaired) electrons. The van der Waals surface area contributed by atoms with Crippen molar-refractivity contribution in [1.29, 1.82) is 0 Å². The van der Waals surface area contributed by atoms with Crippen molar-refractivity contribution in [3.8, 4) is 11.5 Å². The molecular weight excluding hydrogens is 488 g/mol. The summed E-state index contributed by atoms with van der Waals surface area (Å²) in [6, 6.07) is 15.5. The molecule has 2 N–H and O–H groups in total. The quantitative estimate of drug-likeness (QED) is 0.245. The minimum absolute atomic E-state index is 0.0500. The summed E-state index contributed by atoms with van der Waals surface area (Å²) >= 11 is 1.77. The van der Waals surface area contributed by atoms with Gasteiger partial charge in [-0.25, -0.2) is 0 Å². The Morgan fingerprint density at radius 3 is 2.81 bits per heavy atom. The largest absolute Gasteiger partial charge is 0.497 e. The van der Waals surface area contributed by atoms with E-state index in [0.29, 0.717) is 25.1 Å². The molecule has 4 rings (SSSR count). The Morgan fingerprint density at radius 1 is 1.19 bits per heavy atom. The maximum atomic E-state index is 12.1. The molecule has 3 atom stereocenters. The molecule has 0 spiro atoms. The fourth-order valence-electron chi connectivity index (χ4n) is 5.20. The molecule has 1 aliphatic heterocycles. The molecule has 3 aromatic rings. The van der Waals surface area contributed by atoms with Crippen LogP contribution in [-0.4, -0.2) is 65.7 Å². The molecule has 37 heavy (non-hydrogen) atoms. The van der Waals surface area contributed by atoms with Gasteiger partial charge in [0.05, 0.1) is 31.8 Å². The van der Waals surface area contributed by atoms with Crippen LogP contribution >= 0.6 is 11.8 Å². The smallest absolute Gasteiger partial charge is 0.308 e. The van der Waals surface area contributed by atoms with Gasteiger partial charge in [0.15, 0.2) is 0 Å². The molecule has 1 aliphatic rings. The molecule has 0 aliphatic carbocycles. The first kappa shape index (κ1) is 27.2. The van der Waals surface area contributed by atoms with E-state index >= 15 is 0 Å². The number of benzene rings is 2. The van der Waals surface area contributed by atoms with Crippen LogP contribution in [-0.2, 0) is 4.79 Å². The fourth-order valence-corrected chi connectivity index (χ4v) is 6.16. The number of ether oxygens (including phenoxy) is 2. The van der Waals surface area contributed by atoms with Crippen molar-refractivity contribution >= 4 is 28.6 Å². The zero-order valence-corrected chi connectivity index (χ0v) is 22.3. The van der Waals surface area contributed by atoms with E-state index in [0.717, 1.165) is 58.8 Å². The average Bonchev–Trinajstić information content (AvgIpc) is 2.93. The lowest BCUT2D eigenvalue weighted by molar-refractivity contribution is -0.146. The number of rotatable bonds is 12. The molecule has 0 unspecified atom stereocenters. The van der Waals surface area contributed by atoms with Crippen molar-refractivity contribution < 1.29 is 24.5 Å². The predicted octanol–water partition coefficient (Wildman–Crippen LogP) is 5.27. The Kier molecular flexibility index (Phi) is 9.66. The monoisotopic (exact) mass is 524 g/mol. The molecule has 2 heterocycles. The van der Waals surface area contributed by atoms with E-state index in [2.05, 4.69) is 16.0 Å². The lowest BCUT2D eigenvalue weighted by Gasteiger charge is -2.37. The number of para-hydroxylation sites is 1. The first-order valence-corrected chi connectivity index (χ1v) is 13.8. The van der Waals surface area contributed by atoms with Crippen molar-refractivity contribution in [2.75, 3.05) is 39.6 Å². The van der Waals surface area contributed by atoms with Crippen molar-refractivity contribution in [3.05, 3.63) is 60.3 Å². The number of carbonyl (C=O) groups is 1. The SMILES string of the molecule is COc1ccc2nccc([C@@H](O)CC[C@@H]3CCN(CCCSc4ccccc4OC)C[C@@H]3C(=O)O)c2c1. The van der Waals surface area contributed by atoms with Gasteiger partial charge in [-0.15, -0.1) is 11.8 Å². The van der Waals surface area contributed by atoms with Crippen LogP contribution in [0.3, 0.4) is 0 Å². The molecular formula is C29H36N2O5S. The van der Waals surface area contributed by atoms with Crippen LogP contribution in [0.5, 0.6) is 11.5 Å². The van der Waals surface area contributed by atoms with Crippen LogP contribution in [0, 0.1) is 11.8 Å². The molecule has 1 saturated heterocycles. The molecule has 0 saturated carbocycles. The highest BCUT2D eigenvalue weighted by Crippen LogP contribution is 2.34. The van der Waals surface area contributed by atoms with Gasteiger partial charge in [-0.3, -0.25) is 9.78 Å². The Bertz CT molecular complexity index is 1190. The zero-order chi connectivity index (χ0) is 26.2. The van der Waals surface area contributed by atoms with Crippen LogP contribution in [0.15, 0.2) is 59.6 Å². The number of aliphatic hydroxyl groups is 1. The Balaban J connectivity index is 1.29. The van der Waals surface area contributed by atoms with Gasteiger partial charge in [0, 0.05) is 23.0 Å². The summed E-state index contributed by atoms with van der Waals surface area (Å²) in [7, 11) is 3.30. The molecule has 8 heteroatoms. The number of piperidine rings is 1. The van der Waals surface area contributed by atoms with E-state index in [1.54, 1.807) is 32.2 Å². The third kappa shape index (κ3) is 6.94. The number of fused-ring (bicyclic) bond motifs is 1. The molecule has 1 aromatic heterocycles. The minimum Gasteiger partial charge on any atom is -0.497 e. The predicted molar refractivity (Wildman–Crippen MR) is 146 cm³/mol. The Labute approximate surface area is 222 Å². The third-order valence-corrected chi connectivity index (χ3v) is 8.40. The van der Waals surface area contributed by atoms with E-state index in [9.17, 15) is 15.0 Å². The van der Waals surface area contributed by atoms with Gasteiger partial charge in [-0.05, 0) is 92.4 Å². The number of aliphatic hydroxyl groups excluding tert-OH is 1. The summed E-state index contributed by atoms with van der Waals surface area (Å²) in [5.41, 5.74) is 1.61. The third-order valence-electron chi connectivity index (χ3n) is 7.25. The normalized spacial score (nSPS) is 19.0. The topological polar surface area (TPSA) is 92.1 Å². The summed E-state index contributed by atoms with van der Waals surface area (Å²) < 4.78 is 10.8. The number of nitrogens with zero attached hydrogens (tertiary/aromatic N) is 2. The molecule has 0 bridgehead atoms. The molecule has 198 valence electrons. The number of hydrogen-bond acceptors (Lipinski definition) is 7. The summed E-state index contributed by atoms with van der Waals surface area (Å²) in [6.07, 6.45) is 4.02. The number of pyridine rings is 1. The lowest BCUT2D eigenvalue weighted by atomic mass is 9.81. The van der Waals surface area contributed by atoms with Gasteiger partial charge in [-0.1, -0.05) is 12.1 Å². The van der Waals surface area contributed by atoms with Gasteiger partial charge < -0.3 is 24.6 Å². The van der Waals surface area contributed by atoms with Crippen LogP contribution < -0.4 is 9.47 Å². The fraction of sp³-hybridized carbons (Fsp3) is 0.448. The second-order valence-electron chi connectivity index (χ2n) is 9.52. The van der Waals surface area contributed by atoms with Crippen molar-refractivity contribution in [1.82, 2.24) is 9.88 Å². The van der Waals surface area contributed by atoms with E-state index in [-0.39, 0.29) is 5.92 Å². The molecule has 7 nitrogen and oxygen atoms in total. The number of carboxylic acids is 1. The zero-order valence-electron chi connectivity index (χ0n) is 21.5. The summed E-state index contributed by atoms with van der Waals surface area (Å²) in [5.74, 6) is 1.45. The Hall–Kier alpha value is -2.81. The second-order valence-corrected chi connectivity index (χ2v) is 10.7. The van der Waals surface area contributed by atoms with E-state index in [1.807, 2.05) is 42.5 Å². The maximum Gasteiger partial charge on any atom is 0.308 e. The van der Waals surface area contributed by atoms with Gasteiger partial charge in [-0.2, -0.15) is 0 Å². The number of carboxylic acid groups (broad SMARTS) is 1. The average molecular weight is 525 g/mol. The first-order chi connectivity index (χ1) is 18.0. The standard InChI is InChI=1S/C29H36N2O5S/c1-35-21-9-10-25-23(18-21)22(12-14-30-25)26(32)11-8-20-13-16-31(19-24(20)29(33)34)15-5-17-37-28-7-4-3-6-27(28)36-2/h3-4,6-7,9-10,12,14,18,20,24,26,32H,5,8,11,13,15-17,19H2,1-2H3,(H,33,34)/t20-,24+,26+/m1/s1. The summed E-state index contributed by atoms with van der Waals surface area (Å²) in [6.45, 7) is 2.33. The molecule has 1 fully saturated rings. The first-order valence-electron chi connectivity index (χ1n) is 12.8. The minimum atomic E-state index is -0.744. The summed E-state index contributed by atoms with van der Waals surface area (Å²) in [4.78, 5) is 19.9. The van der Waals surface area contributed by atoms with E-state index < -0.39 is 18.0 Å². The van der Waals surface area contributed by atoms with Crippen LogP contribution in [0.1, 0.15) is 37.4 Å². The van der Waals surface area contributed by atoms with E-state index in [1.165, 1.54) is 0 Å². The lowest BCUT2D eigenvalue weighted by Crippen LogP contribution is -2.44. The number of aliphatic carboxylic acids is 1. The molecule has 0 amide bonds. The maximum absolute atomic E-state index is 12.1. The molecule has 2 aromatic carbocycles. The van der Waals surface area contributed by atoms with Crippen LogP contribution in [0.4, 0.5) is 0 Å². The van der Waals surface area contributed by atoms with Crippen molar-refractivity contribution in [2.45, 2.75) is 36.7 Å². The Morgan fingerprint density at radius 2 is 2.03 bits per heavy atom. The number of hydrogen-bond donors (Lipinski definition) is 2. The highest BCUT2D eigenvalue weighted by molar-refractivity contribution is 7.99. The van der Waals surface area contributed by atoms with Gasteiger partial charge in [0.2, 0.25) is 0 Å². The number of methoxy groups -OCH3 is 2. The van der Waals surface area contributed by atoms with Crippen LogP contribution in [0.2, 0.25) is 0 Å². The van der Waals surface area contributed by atoms with Gasteiger partial charge in [0.1, 0.15) is 11.5 Å². The second kappa shape index (κ2) is 13.1. The summed E-state index contributed by atoms with van der Waals surface area (Å²) in [5, 5.41) is 21.8. The van der Waals surface area contributed by atoms with Gasteiger partial charge in [0.25, 0.3) is 0 Å². The van der Waals surface area contributed by atoms with Crippen LogP contribution in [0.25, 0.3) is 10.9 Å². The van der Waals surface area contributed by atoms with Crippen molar-refractivity contribution in [2.24, 2.45) is 11.8 Å². The highest BCUT2D eigenvalue weighted by Gasteiger charge is 2.34. The number of thioether (sulfide) groups is 1. The number of aromatic nitrogens is 1.